The molecule has 2 heterocycles. The van der Waals surface area contributed by atoms with Gasteiger partial charge in [0.2, 0.25) is 0 Å². The van der Waals surface area contributed by atoms with Crippen LogP contribution in [0.4, 0.5) is 0 Å². The maximum atomic E-state index is 5.70. The van der Waals surface area contributed by atoms with Crippen molar-refractivity contribution < 1.29 is 4.74 Å². The van der Waals surface area contributed by atoms with Crippen molar-refractivity contribution in [2.24, 2.45) is 0 Å². The summed E-state index contributed by atoms with van der Waals surface area (Å²) in [6.07, 6.45) is 2.98. The first-order chi connectivity index (χ1) is 7.36. The molecule has 2 rings (SSSR count). The van der Waals surface area contributed by atoms with E-state index in [1.54, 1.807) is 0 Å². The molecule has 0 aromatic heterocycles. The number of nitrogens with one attached hydrogen (secondary N) is 1. The molecule has 0 saturated carbocycles. The zero-order chi connectivity index (χ0) is 10.5. The molecule has 2 unspecified atom stereocenters. The summed E-state index contributed by atoms with van der Waals surface area (Å²) in [4.78, 5) is 2.51. The minimum absolute atomic E-state index is 0.440. The third-order valence-corrected chi connectivity index (χ3v) is 4.48. The average Bonchev–Trinajstić information content (AvgIpc) is 2.81. The molecule has 3 nitrogen and oxygen atoms in total. The Labute approximate surface area is 96.9 Å². The predicted octanol–water partition coefficient (Wildman–Crippen LogP) is 0.802. The fourth-order valence-corrected chi connectivity index (χ4v) is 3.50. The molecule has 0 aromatic carbocycles. The maximum absolute atomic E-state index is 5.70. The third-order valence-electron chi connectivity index (χ3n) is 3.34. The van der Waals surface area contributed by atoms with Gasteiger partial charge in [0.15, 0.2) is 0 Å². The number of hydrogen-bond acceptors (Lipinski definition) is 4. The van der Waals surface area contributed by atoms with E-state index in [9.17, 15) is 0 Å². The lowest BCUT2D eigenvalue weighted by Crippen LogP contribution is -2.41. The summed E-state index contributed by atoms with van der Waals surface area (Å²) in [5, 5.41) is 3.38. The van der Waals surface area contributed by atoms with Crippen molar-refractivity contribution in [2.45, 2.75) is 25.0 Å². The fourth-order valence-electron chi connectivity index (χ4n) is 2.21. The number of morpholine rings is 1. The van der Waals surface area contributed by atoms with Crippen molar-refractivity contribution in [1.29, 1.82) is 0 Å². The molecule has 0 amide bonds. The molecule has 0 aliphatic carbocycles. The summed E-state index contributed by atoms with van der Waals surface area (Å²) in [7, 11) is 2.26. The molecule has 4 heteroatoms. The summed E-state index contributed by atoms with van der Waals surface area (Å²) in [5.74, 6) is 2.66. The lowest BCUT2D eigenvalue weighted by molar-refractivity contribution is 0.0171. The van der Waals surface area contributed by atoms with Gasteiger partial charge in [0, 0.05) is 31.4 Å². The van der Waals surface area contributed by atoms with Crippen LogP contribution in [0.1, 0.15) is 12.8 Å². The van der Waals surface area contributed by atoms with Crippen LogP contribution >= 0.6 is 11.8 Å². The Morgan fingerprint density at radius 2 is 2.47 bits per heavy atom. The average molecular weight is 230 g/mol. The number of ether oxygens (including phenoxy) is 1. The topological polar surface area (TPSA) is 24.5 Å². The molecule has 1 N–H and O–H groups in total. The van der Waals surface area contributed by atoms with Crippen LogP contribution < -0.4 is 5.32 Å². The van der Waals surface area contributed by atoms with E-state index < -0.39 is 0 Å². The van der Waals surface area contributed by atoms with Crippen LogP contribution in [0.3, 0.4) is 0 Å². The van der Waals surface area contributed by atoms with Crippen LogP contribution in [0.5, 0.6) is 0 Å². The van der Waals surface area contributed by atoms with Gasteiger partial charge in [-0.2, -0.15) is 11.8 Å². The molecule has 0 spiro atoms. The van der Waals surface area contributed by atoms with Crippen molar-refractivity contribution in [3.63, 3.8) is 0 Å². The fraction of sp³-hybridized carbons (Fsp3) is 1.00. The van der Waals surface area contributed by atoms with Crippen molar-refractivity contribution in [3.05, 3.63) is 0 Å². The summed E-state index contributed by atoms with van der Waals surface area (Å²) >= 11 is 2.09. The normalized spacial score (nSPS) is 32.4. The van der Waals surface area contributed by atoms with Gasteiger partial charge < -0.3 is 15.0 Å². The van der Waals surface area contributed by atoms with E-state index in [2.05, 4.69) is 29.0 Å². The largest absolute Gasteiger partial charge is 0.376 e. The highest BCUT2D eigenvalue weighted by Gasteiger charge is 2.21. The molecule has 2 fully saturated rings. The first-order valence-corrected chi connectivity index (χ1v) is 7.12. The molecule has 0 aromatic rings. The highest BCUT2D eigenvalue weighted by molar-refractivity contribution is 7.99. The minimum atomic E-state index is 0.440. The third kappa shape index (κ3) is 3.63. The van der Waals surface area contributed by atoms with E-state index in [0.717, 1.165) is 25.7 Å². The first kappa shape index (κ1) is 11.7. The van der Waals surface area contributed by atoms with Crippen LogP contribution in [-0.4, -0.2) is 61.8 Å². The van der Waals surface area contributed by atoms with Gasteiger partial charge in [-0.15, -0.1) is 0 Å². The van der Waals surface area contributed by atoms with Crippen LogP contribution in [0, 0.1) is 0 Å². The minimum Gasteiger partial charge on any atom is -0.376 e. The number of nitrogens with zero attached hydrogens (tertiary/aromatic N) is 1. The monoisotopic (exact) mass is 230 g/mol. The van der Waals surface area contributed by atoms with Crippen molar-refractivity contribution in [2.75, 3.05) is 44.8 Å². The zero-order valence-electron chi connectivity index (χ0n) is 9.58. The maximum Gasteiger partial charge on any atom is 0.0712 e. The quantitative estimate of drug-likeness (QED) is 0.772. The van der Waals surface area contributed by atoms with Gasteiger partial charge in [0.25, 0.3) is 0 Å². The van der Waals surface area contributed by atoms with Gasteiger partial charge in [0.05, 0.1) is 12.7 Å². The second kappa shape index (κ2) is 6.09. The van der Waals surface area contributed by atoms with Crippen LogP contribution in [0.15, 0.2) is 0 Å². The Bertz CT molecular complexity index is 179. The van der Waals surface area contributed by atoms with Crippen molar-refractivity contribution >= 4 is 11.8 Å². The SMILES string of the molecule is CN(CCC1CNCCO1)C1CCSC1. The Kier molecular flexibility index (Phi) is 4.75. The Morgan fingerprint density at radius 1 is 1.53 bits per heavy atom. The van der Waals surface area contributed by atoms with E-state index in [1.165, 1.54) is 30.9 Å². The summed E-state index contributed by atoms with van der Waals surface area (Å²) in [6.45, 7) is 4.12. The molecular weight excluding hydrogens is 208 g/mol. The zero-order valence-corrected chi connectivity index (χ0v) is 10.4. The Hall–Kier alpha value is 0.230. The molecule has 2 atom stereocenters. The Morgan fingerprint density at radius 3 is 3.13 bits per heavy atom. The second-order valence-electron chi connectivity index (χ2n) is 4.48. The van der Waals surface area contributed by atoms with Gasteiger partial charge in [-0.1, -0.05) is 0 Å². The standard InChI is InChI=1S/C11H22N2OS/c1-13(10-3-7-15-9-10)5-2-11-8-12-4-6-14-11/h10-12H,2-9H2,1H3. The number of hydrogen-bond donors (Lipinski definition) is 1. The van der Waals surface area contributed by atoms with Gasteiger partial charge in [-0.3, -0.25) is 0 Å². The highest BCUT2D eigenvalue weighted by atomic mass is 32.2. The molecule has 88 valence electrons. The highest BCUT2D eigenvalue weighted by Crippen LogP contribution is 2.21. The lowest BCUT2D eigenvalue weighted by Gasteiger charge is -2.28. The molecule has 0 radical (unpaired) electrons. The van der Waals surface area contributed by atoms with Gasteiger partial charge in [-0.05, 0) is 25.6 Å². The van der Waals surface area contributed by atoms with Gasteiger partial charge in [0.1, 0.15) is 0 Å². The van der Waals surface area contributed by atoms with E-state index in [4.69, 9.17) is 4.74 Å². The van der Waals surface area contributed by atoms with Crippen molar-refractivity contribution in [1.82, 2.24) is 10.2 Å². The number of thioether (sulfide) groups is 1. The molecular formula is C11H22N2OS. The van der Waals surface area contributed by atoms with Crippen LogP contribution in [0.25, 0.3) is 0 Å². The van der Waals surface area contributed by atoms with E-state index in [0.29, 0.717) is 6.10 Å². The predicted molar refractivity (Wildman–Crippen MR) is 65.6 cm³/mol. The lowest BCUT2D eigenvalue weighted by atomic mass is 10.2. The Balaban J connectivity index is 1.63. The first-order valence-electron chi connectivity index (χ1n) is 5.96. The van der Waals surface area contributed by atoms with Gasteiger partial charge in [-0.25, -0.2) is 0 Å². The van der Waals surface area contributed by atoms with Crippen molar-refractivity contribution in [3.8, 4) is 0 Å². The van der Waals surface area contributed by atoms with E-state index >= 15 is 0 Å². The summed E-state index contributed by atoms with van der Waals surface area (Å²) in [5.41, 5.74) is 0. The van der Waals surface area contributed by atoms with Gasteiger partial charge >= 0.3 is 0 Å². The van der Waals surface area contributed by atoms with Crippen LogP contribution in [0.2, 0.25) is 0 Å². The molecule has 2 aliphatic rings. The van der Waals surface area contributed by atoms with E-state index in [1.807, 2.05) is 0 Å². The molecule has 15 heavy (non-hydrogen) atoms. The van der Waals surface area contributed by atoms with Crippen LogP contribution in [-0.2, 0) is 4.74 Å². The molecule has 0 bridgehead atoms. The molecule has 2 saturated heterocycles. The smallest absolute Gasteiger partial charge is 0.0712 e. The summed E-state index contributed by atoms with van der Waals surface area (Å²) in [6, 6.07) is 0.812. The summed E-state index contributed by atoms with van der Waals surface area (Å²) < 4.78 is 5.70. The number of rotatable bonds is 4. The van der Waals surface area contributed by atoms with E-state index in [-0.39, 0.29) is 0 Å². The molecule has 2 aliphatic heterocycles. The second-order valence-corrected chi connectivity index (χ2v) is 5.63.